The molecule has 0 saturated carbocycles. The van der Waals surface area contributed by atoms with E-state index in [9.17, 15) is 4.79 Å². The second-order valence-corrected chi connectivity index (χ2v) is 6.40. The molecule has 1 atom stereocenters. The molecule has 0 aliphatic carbocycles. The summed E-state index contributed by atoms with van der Waals surface area (Å²) in [6, 6.07) is 14.2. The van der Waals surface area contributed by atoms with Gasteiger partial charge in [0, 0.05) is 18.5 Å². The van der Waals surface area contributed by atoms with Gasteiger partial charge in [0.1, 0.15) is 5.75 Å². The summed E-state index contributed by atoms with van der Waals surface area (Å²) in [7, 11) is 0. The van der Waals surface area contributed by atoms with Gasteiger partial charge in [-0.2, -0.15) is 0 Å². The lowest BCUT2D eigenvalue weighted by molar-refractivity contribution is -0.119. The van der Waals surface area contributed by atoms with Crippen LogP contribution >= 0.6 is 11.6 Å². The van der Waals surface area contributed by atoms with E-state index < -0.39 is 0 Å². The highest BCUT2D eigenvalue weighted by Gasteiger charge is 2.08. The Morgan fingerprint density at radius 3 is 2.50 bits per heavy atom. The van der Waals surface area contributed by atoms with Crippen LogP contribution in [0.25, 0.3) is 11.1 Å². The monoisotopic (exact) mass is 345 g/mol. The Balaban J connectivity index is 2.08. The molecule has 0 bridgehead atoms. The van der Waals surface area contributed by atoms with Crippen molar-refractivity contribution in [1.82, 2.24) is 5.32 Å². The number of halogens is 1. The molecule has 24 heavy (non-hydrogen) atoms. The molecule has 0 fully saturated rings. The predicted octanol–water partition coefficient (Wildman–Crippen LogP) is 4.86. The number of carbonyl (C=O) groups is 1. The number of nitrogens with one attached hydrogen (secondary N) is 1. The molecule has 0 saturated heterocycles. The molecular weight excluding hydrogens is 322 g/mol. The molecule has 0 heterocycles. The standard InChI is InChI=1S/C20H24ClNO2/c1-4-11-24-18-9-10-19(20(21)13-18)17-7-5-16(6-8-17)12-14(2)22-15(3)23/h5-10,13-14H,4,11-12H2,1-3H3,(H,22,23). The van der Waals surface area contributed by atoms with Gasteiger partial charge in [-0.3, -0.25) is 4.79 Å². The molecule has 0 radical (unpaired) electrons. The zero-order valence-corrected chi connectivity index (χ0v) is 15.2. The van der Waals surface area contributed by atoms with Crippen LogP contribution in [0.4, 0.5) is 0 Å². The molecule has 0 spiro atoms. The van der Waals surface area contributed by atoms with Crippen molar-refractivity contribution in [2.75, 3.05) is 6.61 Å². The Kier molecular flexibility index (Phi) is 6.68. The summed E-state index contributed by atoms with van der Waals surface area (Å²) in [4.78, 5) is 11.1. The van der Waals surface area contributed by atoms with Gasteiger partial charge < -0.3 is 10.1 Å². The Bertz CT molecular complexity index is 683. The van der Waals surface area contributed by atoms with E-state index in [2.05, 4.69) is 36.5 Å². The Morgan fingerprint density at radius 2 is 1.92 bits per heavy atom. The number of amides is 1. The first-order valence-corrected chi connectivity index (χ1v) is 8.66. The predicted molar refractivity (Wildman–Crippen MR) is 99.7 cm³/mol. The first-order valence-electron chi connectivity index (χ1n) is 8.28. The van der Waals surface area contributed by atoms with E-state index in [1.54, 1.807) is 0 Å². The lowest BCUT2D eigenvalue weighted by atomic mass is 10.0. The van der Waals surface area contributed by atoms with Crippen LogP contribution in [0, 0.1) is 0 Å². The number of benzene rings is 2. The summed E-state index contributed by atoms with van der Waals surface area (Å²) in [5.41, 5.74) is 3.24. The molecule has 2 aromatic rings. The van der Waals surface area contributed by atoms with Crippen molar-refractivity contribution in [3.05, 3.63) is 53.1 Å². The maximum absolute atomic E-state index is 11.1. The molecular formula is C20H24ClNO2. The topological polar surface area (TPSA) is 38.3 Å². The van der Waals surface area contributed by atoms with E-state index in [0.717, 1.165) is 29.7 Å². The Labute approximate surface area is 149 Å². The highest BCUT2D eigenvalue weighted by molar-refractivity contribution is 6.33. The first-order chi connectivity index (χ1) is 11.5. The minimum Gasteiger partial charge on any atom is -0.494 e. The molecule has 1 unspecified atom stereocenters. The quantitative estimate of drug-likeness (QED) is 0.778. The number of carbonyl (C=O) groups excluding carboxylic acids is 1. The Morgan fingerprint density at radius 1 is 1.21 bits per heavy atom. The van der Waals surface area contributed by atoms with Crippen molar-refractivity contribution in [3.63, 3.8) is 0 Å². The van der Waals surface area contributed by atoms with Crippen LogP contribution in [0.2, 0.25) is 5.02 Å². The zero-order valence-electron chi connectivity index (χ0n) is 14.4. The van der Waals surface area contributed by atoms with Gasteiger partial charge in [0.05, 0.1) is 11.6 Å². The van der Waals surface area contributed by atoms with Gasteiger partial charge in [-0.05, 0) is 49.1 Å². The molecule has 1 amide bonds. The first kappa shape index (κ1) is 18.3. The van der Waals surface area contributed by atoms with Crippen molar-refractivity contribution in [2.45, 2.75) is 39.7 Å². The second-order valence-electron chi connectivity index (χ2n) is 5.99. The van der Waals surface area contributed by atoms with Crippen molar-refractivity contribution in [3.8, 4) is 16.9 Å². The summed E-state index contributed by atoms with van der Waals surface area (Å²) in [5.74, 6) is 0.794. The second kappa shape index (κ2) is 8.74. The third-order valence-electron chi connectivity index (χ3n) is 3.67. The fraction of sp³-hybridized carbons (Fsp3) is 0.350. The molecule has 3 nitrogen and oxygen atoms in total. The number of ether oxygens (including phenoxy) is 1. The summed E-state index contributed by atoms with van der Waals surface area (Å²) in [6.45, 7) is 6.30. The minimum absolute atomic E-state index is 0.00344. The van der Waals surface area contributed by atoms with E-state index in [1.165, 1.54) is 12.5 Å². The van der Waals surface area contributed by atoms with E-state index >= 15 is 0 Å². The van der Waals surface area contributed by atoms with Gasteiger partial charge in [0.2, 0.25) is 5.91 Å². The molecule has 0 aliphatic heterocycles. The molecule has 2 rings (SSSR count). The largest absolute Gasteiger partial charge is 0.494 e. The van der Waals surface area contributed by atoms with Crippen LogP contribution < -0.4 is 10.1 Å². The summed E-state index contributed by atoms with van der Waals surface area (Å²) in [6.07, 6.45) is 1.77. The fourth-order valence-corrected chi connectivity index (χ4v) is 2.89. The SMILES string of the molecule is CCCOc1ccc(-c2ccc(CC(C)NC(C)=O)cc2)c(Cl)c1. The van der Waals surface area contributed by atoms with Crippen LogP contribution in [0.15, 0.2) is 42.5 Å². The minimum atomic E-state index is -0.00344. The van der Waals surface area contributed by atoms with Gasteiger partial charge in [-0.25, -0.2) is 0 Å². The van der Waals surface area contributed by atoms with E-state index in [-0.39, 0.29) is 11.9 Å². The van der Waals surface area contributed by atoms with Crippen molar-refractivity contribution < 1.29 is 9.53 Å². The number of hydrogen-bond donors (Lipinski definition) is 1. The lowest BCUT2D eigenvalue weighted by Gasteiger charge is -2.13. The summed E-state index contributed by atoms with van der Waals surface area (Å²) in [5, 5.41) is 3.58. The van der Waals surface area contributed by atoms with Crippen molar-refractivity contribution in [2.24, 2.45) is 0 Å². The maximum atomic E-state index is 11.1. The molecule has 0 aliphatic rings. The Hall–Kier alpha value is -2.00. The fourth-order valence-electron chi connectivity index (χ4n) is 2.61. The molecule has 128 valence electrons. The molecule has 2 aromatic carbocycles. The van der Waals surface area contributed by atoms with Gasteiger partial charge in [-0.1, -0.05) is 42.8 Å². The van der Waals surface area contributed by atoms with E-state index in [4.69, 9.17) is 16.3 Å². The lowest BCUT2D eigenvalue weighted by Crippen LogP contribution is -2.31. The van der Waals surface area contributed by atoms with E-state index in [0.29, 0.717) is 11.6 Å². The average molecular weight is 346 g/mol. The van der Waals surface area contributed by atoms with Gasteiger partial charge >= 0.3 is 0 Å². The maximum Gasteiger partial charge on any atom is 0.217 e. The average Bonchev–Trinajstić information content (AvgIpc) is 2.53. The van der Waals surface area contributed by atoms with Crippen LogP contribution in [0.3, 0.4) is 0 Å². The van der Waals surface area contributed by atoms with Crippen molar-refractivity contribution in [1.29, 1.82) is 0 Å². The van der Waals surface area contributed by atoms with E-state index in [1.807, 2.05) is 25.1 Å². The highest BCUT2D eigenvalue weighted by Crippen LogP contribution is 2.31. The van der Waals surface area contributed by atoms with Crippen LogP contribution in [-0.4, -0.2) is 18.6 Å². The molecule has 0 aromatic heterocycles. The smallest absolute Gasteiger partial charge is 0.217 e. The van der Waals surface area contributed by atoms with Gasteiger partial charge in [0.25, 0.3) is 0 Å². The van der Waals surface area contributed by atoms with Crippen LogP contribution in [0.5, 0.6) is 5.75 Å². The highest BCUT2D eigenvalue weighted by atomic mass is 35.5. The molecule has 4 heteroatoms. The normalized spacial score (nSPS) is 11.8. The van der Waals surface area contributed by atoms with Crippen LogP contribution in [0.1, 0.15) is 32.8 Å². The zero-order chi connectivity index (χ0) is 17.5. The summed E-state index contributed by atoms with van der Waals surface area (Å²) < 4.78 is 5.60. The van der Waals surface area contributed by atoms with Crippen molar-refractivity contribution >= 4 is 17.5 Å². The number of hydrogen-bond acceptors (Lipinski definition) is 2. The van der Waals surface area contributed by atoms with Gasteiger partial charge in [0.15, 0.2) is 0 Å². The third-order valence-corrected chi connectivity index (χ3v) is 3.98. The third kappa shape index (κ3) is 5.27. The van der Waals surface area contributed by atoms with Crippen LogP contribution in [-0.2, 0) is 11.2 Å². The number of rotatable bonds is 7. The molecule has 1 N–H and O–H groups in total. The summed E-state index contributed by atoms with van der Waals surface area (Å²) >= 11 is 6.40. The van der Waals surface area contributed by atoms with Gasteiger partial charge in [-0.15, -0.1) is 0 Å².